The predicted octanol–water partition coefficient (Wildman–Crippen LogP) is 2.49. The van der Waals surface area contributed by atoms with Crippen LogP contribution in [0.3, 0.4) is 0 Å². The number of aryl methyl sites for hydroxylation is 1. The molecule has 0 saturated carbocycles. The SMILES string of the molecule is CCc1cc(CC(=O)O)c(C#N)cc1CCl. The average molecular weight is 238 g/mol. The average Bonchev–Trinajstić information content (AvgIpc) is 2.27. The Hall–Kier alpha value is -1.53. The number of hydrogen-bond acceptors (Lipinski definition) is 2. The van der Waals surface area contributed by atoms with E-state index in [4.69, 9.17) is 22.0 Å². The molecule has 0 heterocycles. The summed E-state index contributed by atoms with van der Waals surface area (Å²) in [6.45, 7) is 1.97. The fraction of sp³-hybridized carbons (Fsp3) is 0.333. The Morgan fingerprint density at radius 2 is 2.12 bits per heavy atom. The molecule has 1 rings (SSSR count). The van der Waals surface area contributed by atoms with Gasteiger partial charge in [-0.3, -0.25) is 4.79 Å². The van der Waals surface area contributed by atoms with Crippen molar-refractivity contribution in [3.8, 4) is 6.07 Å². The molecule has 0 amide bonds. The van der Waals surface area contributed by atoms with E-state index in [1.165, 1.54) is 0 Å². The smallest absolute Gasteiger partial charge is 0.307 e. The molecule has 0 atom stereocenters. The number of carbonyl (C=O) groups is 1. The highest BCUT2D eigenvalue weighted by atomic mass is 35.5. The summed E-state index contributed by atoms with van der Waals surface area (Å²) in [6.07, 6.45) is 0.652. The lowest BCUT2D eigenvalue weighted by atomic mass is 9.96. The Labute approximate surface area is 99.3 Å². The van der Waals surface area contributed by atoms with Crippen LogP contribution in [-0.4, -0.2) is 11.1 Å². The highest BCUT2D eigenvalue weighted by Crippen LogP contribution is 2.19. The molecular weight excluding hydrogens is 226 g/mol. The van der Waals surface area contributed by atoms with Crippen LogP contribution < -0.4 is 0 Å². The van der Waals surface area contributed by atoms with Crippen LogP contribution in [0, 0.1) is 11.3 Å². The lowest BCUT2D eigenvalue weighted by molar-refractivity contribution is -0.136. The molecule has 0 unspecified atom stereocenters. The molecule has 0 aromatic heterocycles. The maximum Gasteiger partial charge on any atom is 0.307 e. The molecule has 84 valence electrons. The Kier molecular flexibility index (Phi) is 4.33. The monoisotopic (exact) mass is 237 g/mol. The van der Waals surface area contributed by atoms with E-state index in [2.05, 4.69) is 0 Å². The van der Waals surface area contributed by atoms with Gasteiger partial charge in [-0.15, -0.1) is 11.6 Å². The van der Waals surface area contributed by atoms with Crippen LogP contribution in [0.15, 0.2) is 12.1 Å². The molecule has 0 aliphatic rings. The van der Waals surface area contributed by atoms with Gasteiger partial charge in [-0.1, -0.05) is 13.0 Å². The summed E-state index contributed by atoms with van der Waals surface area (Å²) in [5, 5.41) is 17.7. The van der Waals surface area contributed by atoms with Crippen molar-refractivity contribution >= 4 is 17.6 Å². The number of halogens is 1. The van der Waals surface area contributed by atoms with E-state index in [9.17, 15) is 4.79 Å². The first-order chi connectivity index (χ1) is 7.62. The van der Waals surface area contributed by atoms with E-state index in [1.54, 1.807) is 12.1 Å². The van der Waals surface area contributed by atoms with Crippen molar-refractivity contribution < 1.29 is 9.90 Å². The van der Waals surface area contributed by atoms with E-state index in [0.717, 1.165) is 17.5 Å². The van der Waals surface area contributed by atoms with Crippen molar-refractivity contribution in [2.24, 2.45) is 0 Å². The number of hydrogen-bond donors (Lipinski definition) is 1. The van der Waals surface area contributed by atoms with Crippen molar-refractivity contribution in [3.05, 3.63) is 34.4 Å². The second-order valence-electron chi connectivity index (χ2n) is 3.45. The molecular formula is C12H12ClNO2. The third-order valence-electron chi connectivity index (χ3n) is 2.41. The molecule has 1 aromatic carbocycles. The maximum absolute atomic E-state index is 10.7. The molecule has 1 aromatic rings. The van der Waals surface area contributed by atoms with Crippen molar-refractivity contribution in [3.63, 3.8) is 0 Å². The molecule has 3 nitrogen and oxygen atoms in total. The quantitative estimate of drug-likeness (QED) is 0.819. The molecule has 0 spiro atoms. The summed E-state index contributed by atoms with van der Waals surface area (Å²) < 4.78 is 0. The second kappa shape index (κ2) is 5.53. The topological polar surface area (TPSA) is 61.1 Å². The molecule has 0 bridgehead atoms. The lowest BCUT2D eigenvalue weighted by Gasteiger charge is -2.09. The number of carboxylic acid groups (broad SMARTS) is 1. The molecule has 0 aliphatic carbocycles. The summed E-state index contributed by atoms with van der Waals surface area (Å²) in [5.41, 5.74) is 2.86. The van der Waals surface area contributed by atoms with E-state index in [0.29, 0.717) is 17.0 Å². The summed E-state index contributed by atoms with van der Waals surface area (Å²) >= 11 is 5.77. The first kappa shape index (κ1) is 12.5. The van der Waals surface area contributed by atoms with Crippen LogP contribution in [-0.2, 0) is 23.5 Å². The third-order valence-corrected chi connectivity index (χ3v) is 2.70. The number of aliphatic carboxylic acids is 1. The van der Waals surface area contributed by atoms with Gasteiger partial charge in [0.2, 0.25) is 0 Å². The van der Waals surface area contributed by atoms with Crippen LogP contribution in [0.25, 0.3) is 0 Å². The normalized spacial score (nSPS) is 9.81. The molecule has 0 fully saturated rings. The lowest BCUT2D eigenvalue weighted by Crippen LogP contribution is -2.04. The van der Waals surface area contributed by atoms with Crippen LogP contribution in [0.4, 0.5) is 0 Å². The van der Waals surface area contributed by atoms with Gasteiger partial charge in [-0.25, -0.2) is 0 Å². The molecule has 16 heavy (non-hydrogen) atoms. The minimum Gasteiger partial charge on any atom is -0.481 e. The van der Waals surface area contributed by atoms with Gasteiger partial charge in [-0.2, -0.15) is 5.26 Å². The number of carboxylic acids is 1. The van der Waals surface area contributed by atoms with Gasteiger partial charge in [0.1, 0.15) is 0 Å². The van der Waals surface area contributed by atoms with Gasteiger partial charge in [-0.05, 0) is 29.2 Å². The van der Waals surface area contributed by atoms with Crippen molar-refractivity contribution in [2.75, 3.05) is 0 Å². The molecule has 4 heteroatoms. The number of benzene rings is 1. The zero-order chi connectivity index (χ0) is 12.1. The summed E-state index contributed by atoms with van der Waals surface area (Å²) in [5.74, 6) is -0.595. The standard InChI is InChI=1S/C12H12ClNO2/c1-2-8-3-9(5-12(15)16)11(7-14)4-10(8)6-13/h3-4H,2,5-6H2,1H3,(H,15,16). The minimum atomic E-state index is -0.933. The van der Waals surface area contributed by atoms with E-state index in [1.807, 2.05) is 13.0 Å². The van der Waals surface area contributed by atoms with Gasteiger partial charge >= 0.3 is 5.97 Å². The molecule has 1 N–H and O–H groups in total. The largest absolute Gasteiger partial charge is 0.481 e. The zero-order valence-electron chi connectivity index (χ0n) is 8.96. The highest BCUT2D eigenvalue weighted by molar-refractivity contribution is 6.17. The fourth-order valence-electron chi connectivity index (χ4n) is 1.61. The summed E-state index contributed by atoms with van der Waals surface area (Å²) in [4.78, 5) is 10.7. The summed E-state index contributed by atoms with van der Waals surface area (Å²) in [6, 6.07) is 5.46. The minimum absolute atomic E-state index is 0.127. The Balaban J connectivity index is 3.27. The zero-order valence-corrected chi connectivity index (χ0v) is 9.71. The Morgan fingerprint density at radius 3 is 2.56 bits per heavy atom. The van der Waals surface area contributed by atoms with Gasteiger partial charge in [0.25, 0.3) is 0 Å². The van der Waals surface area contributed by atoms with Crippen LogP contribution in [0.5, 0.6) is 0 Å². The van der Waals surface area contributed by atoms with Crippen LogP contribution in [0.1, 0.15) is 29.2 Å². The highest BCUT2D eigenvalue weighted by Gasteiger charge is 2.10. The number of alkyl halides is 1. The number of nitriles is 1. The van der Waals surface area contributed by atoms with Crippen molar-refractivity contribution in [1.82, 2.24) is 0 Å². The van der Waals surface area contributed by atoms with Gasteiger partial charge < -0.3 is 5.11 Å². The molecule has 0 aliphatic heterocycles. The van der Waals surface area contributed by atoms with Gasteiger partial charge in [0, 0.05) is 5.88 Å². The van der Waals surface area contributed by atoms with Gasteiger partial charge in [0.05, 0.1) is 18.1 Å². The molecule has 0 radical (unpaired) electrons. The van der Waals surface area contributed by atoms with Crippen molar-refractivity contribution in [1.29, 1.82) is 5.26 Å². The predicted molar refractivity (Wildman–Crippen MR) is 61.4 cm³/mol. The number of nitrogens with zero attached hydrogens (tertiary/aromatic N) is 1. The second-order valence-corrected chi connectivity index (χ2v) is 3.71. The Morgan fingerprint density at radius 1 is 1.44 bits per heavy atom. The fourth-order valence-corrected chi connectivity index (χ4v) is 1.86. The maximum atomic E-state index is 10.7. The van der Waals surface area contributed by atoms with Gasteiger partial charge in [0.15, 0.2) is 0 Å². The van der Waals surface area contributed by atoms with E-state index in [-0.39, 0.29) is 6.42 Å². The Bertz CT molecular complexity index is 449. The van der Waals surface area contributed by atoms with Crippen LogP contribution >= 0.6 is 11.6 Å². The number of rotatable bonds is 4. The van der Waals surface area contributed by atoms with Crippen LogP contribution in [0.2, 0.25) is 0 Å². The first-order valence-corrected chi connectivity index (χ1v) is 5.48. The summed E-state index contributed by atoms with van der Waals surface area (Å²) in [7, 11) is 0. The third kappa shape index (κ3) is 2.74. The van der Waals surface area contributed by atoms with Crippen molar-refractivity contribution in [2.45, 2.75) is 25.6 Å². The van der Waals surface area contributed by atoms with E-state index < -0.39 is 5.97 Å². The van der Waals surface area contributed by atoms with E-state index >= 15 is 0 Å². The first-order valence-electron chi connectivity index (χ1n) is 4.94. The molecule has 0 saturated heterocycles.